The zero-order chi connectivity index (χ0) is 22.6. The van der Waals surface area contributed by atoms with E-state index in [4.69, 9.17) is 21.7 Å². The Hall–Kier alpha value is -2.94. The second-order valence-electron chi connectivity index (χ2n) is 8.28. The summed E-state index contributed by atoms with van der Waals surface area (Å²) in [6.45, 7) is 5.30. The number of hydrogen-bond acceptors (Lipinski definition) is 5. The van der Waals surface area contributed by atoms with Gasteiger partial charge in [-0.05, 0) is 60.7 Å². The van der Waals surface area contributed by atoms with Crippen LogP contribution in [0.3, 0.4) is 0 Å². The van der Waals surface area contributed by atoms with Gasteiger partial charge in [-0.15, -0.1) is 0 Å². The Balaban J connectivity index is 1.48. The molecule has 33 heavy (non-hydrogen) atoms. The zero-order valence-electron chi connectivity index (χ0n) is 18.8. The molecule has 5 rings (SSSR count). The number of aromatic nitrogens is 2. The Labute approximate surface area is 199 Å². The minimum atomic E-state index is -0.0321. The Kier molecular flexibility index (Phi) is 6.57. The lowest BCUT2D eigenvalue weighted by Crippen LogP contribution is -2.42. The number of rotatable bonds is 7. The van der Waals surface area contributed by atoms with E-state index in [1.54, 1.807) is 7.11 Å². The number of ether oxygens (including phenoxy) is 2. The molecule has 8 heteroatoms. The fourth-order valence-corrected chi connectivity index (χ4v) is 4.99. The molecule has 0 amide bonds. The largest absolute Gasteiger partial charge is 0.497 e. The predicted octanol–water partition coefficient (Wildman–Crippen LogP) is 3.19. The van der Waals surface area contributed by atoms with Crippen molar-refractivity contribution in [2.45, 2.75) is 12.1 Å². The molecular formula is C25H29N5O2S. The average Bonchev–Trinajstić information content (AvgIpc) is 3.48. The van der Waals surface area contributed by atoms with E-state index < -0.39 is 0 Å². The molecule has 0 saturated carbocycles. The van der Waals surface area contributed by atoms with Crippen molar-refractivity contribution in [1.82, 2.24) is 24.7 Å². The number of nitrogens with zero attached hydrogens (tertiary/aromatic N) is 4. The van der Waals surface area contributed by atoms with E-state index in [0.717, 1.165) is 61.6 Å². The molecule has 2 aliphatic heterocycles. The molecular weight excluding hydrogens is 434 g/mol. The highest BCUT2D eigenvalue weighted by molar-refractivity contribution is 7.80. The normalized spacial score (nSPS) is 21.2. The van der Waals surface area contributed by atoms with Crippen LogP contribution in [-0.2, 0) is 4.74 Å². The number of thiocarbonyl (C=S) groups is 1. The van der Waals surface area contributed by atoms with Crippen LogP contribution in [0.15, 0.2) is 67.0 Å². The molecule has 2 fully saturated rings. The highest BCUT2D eigenvalue weighted by Crippen LogP contribution is 2.39. The van der Waals surface area contributed by atoms with Crippen molar-refractivity contribution < 1.29 is 9.47 Å². The summed E-state index contributed by atoms with van der Waals surface area (Å²) in [4.78, 5) is 9.43. The van der Waals surface area contributed by atoms with E-state index >= 15 is 0 Å². The lowest BCUT2D eigenvalue weighted by Gasteiger charge is -2.32. The number of methoxy groups -OCH3 is 1. The van der Waals surface area contributed by atoms with Crippen molar-refractivity contribution in [3.63, 3.8) is 0 Å². The summed E-state index contributed by atoms with van der Waals surface area (Å²) in [6.07, 6.45) is 3.95. The van der Waals surface area contributed by atoms with Crippen LogP contribution in [0, 0.1) is 0 Å². The third kappa shape index (κ3) is 4.59. The summed E-state index contributed by atoms with van der Waals surface area (Å²) in [7, 11) is 1.69. The predicted molar refractivity (Wildman–Crippen MR) is 132 cm³/mol. The second-order valence-corrected chi connectivity index (χ2v) is 8.66. The number of benzene rings is 1. The molecule has 1 N–H and O–H groups in total. The van der Waals surface area contributed by atoms with E-state index in [1.165, 1.54) is 5.69 Å². The van der Waals surface area contributed by atoms with Crippen LogP contribution in [0.2, 0.25) is 0 Å². The minimum absolute atomic E-state index is 0.0190. The molecule has 172 valence electrons. The molecule has 4 heterocycles. The van der Waals surface area contributed by atoms with E-state index in [2.05, 4.69) is 61.2 Å². The summed E-state index contributed by atoms with van der Waals surface area (Å²) in [5.41, 5.74) is 3.24. The van der Waals surface area contributed by atoms with Crippen molar-refractivity contribution in [2.75, 3.05) is 46.5 Å². The quantitative estimate of drug-likeness (QED) is 0.540. The first-order valence-electron chi connectivity index (χ1n) is 11.3. The first-order valence-corrected chi connectivity index (χ1v) is 11.8. The maximum Gasteiger partial charge on any atom is 0.170 e. The first-order chi connectivity index (χ1) is 16.2. The van der Waals surface area contributed by atoms with Gasteiger partial charge in [-0.1, -0.05) is 6.07 Å². The molecule has 0 bridgehead atoms. The number of pyridine rings is 1. The van der Waals surface area contributed by atoms with Gasteiger partial charge in [0.25, 0.3) is 0 Å². The average molecular weight is 464 g/mol. The fraction of sp³-hybridized carbons (Fsp3) is 0.360. The molecule has 2 aromatic heterocycles. The summed E-state index contributed by atoms with van der Waals surface area (Å²) in [5.74, 6) is 0.842. The van der Waals surface area contributed by atoms with Gasteiger partial charge in [0.15, 0.2) is 5.11 Å². The topological polar surface area (TPSA) is 54.8 Å². The van der Waals surface area contributed by atoms with Crippen LogP contribution in [0.25, 0.3) is 5.69 Å². The van der Waals surface area contributed by atoms with E-state index in [9.17, 15) is 0 Å². The Bertz CT molecular complexity index is 1070. The molecule has 0 radical (unpaired) electrons. The summed E-state index contributed by atoms with van der Waals surface area (Å²) >= 11 is 5.85. The van der Waals surface area contributed by atoms with Gasteiger partial charge in [-0.25, -0.2) is 0 Å². The molecule has 1 aromatic carbocycles. The Morgan fingerprint density at radius 3 is 2.61 bits per heavy atom. The standard InChI is InChI=1S/C25H29N5O2S/c1-31-20-9-7-19(8-10-20)29-12-4-6-22(29)24-23(21-5-2-3-11-26-21)27-25(33)30(24)14-13-28-15-17-32-18-16-28/h2-12,23-24H,13-18H2,1H3,(H,27,33)/t23-,24-/m0/s1. The molecule has 3 aromatic rings. The van der Waals surface area contributed by atoms with Gasteiger partial charge in [-0.3, -0.25) is 9.88 Å². The SMILES string of the molecule is COc1ccc(-n2cccc2[C@H]2[C@H](c3ccccn3)NC(=S)N2CCN2CCOCC2)cc1. The molecule has 0 aliphatic carbocycles. The number of hydrogen-bond donors (Lipinski definition) is 1. The van der Waals surface area contributed by atoms with Crippen molar-refractivity contribution in [2.24, 2.45) is 0 Å². The Morgan fingerprint density at radius 2 is 1.88 bits per heavy atom. The van der Waals surface area contributed by atoms with Gasteiger partial charge in [0.2, 0.25) is 0 Å². The molecule has 0 unspecified atom stereocenters. The van der Waals surface area contributed by atoms with Crippen LogP contribution < -0.4 is 10.1 Å². The van der Waals surface area contributed by atoms with Crippen LogP contribution in [-0.4, -0.2) is 71.0 Å². The van der Waals surface area contributed by atoms with Gasteiger partial charge >= 0.3 is 0 Å². The highest BCUT2D eigenvalue weighted by atomic mass is 32.1. The summed E-state index contributed by atoms with van der Waals surface area (Å²) in [5, 5.41) is 4.33. The van der Waals surface area contributed by atoms with Crippen LogP contribution in [0.1, 0.15) is 23.5 Å². The highest BCUT2D eigenvalue weighted by Gasteiger charge is 2.41. The lowest BCUT2D eigenvalue weighted by molar-refractivity contribution is 0.0349. The van der Waals surface area contributed by atoms with Gasteiger partial charge in [0, 0.05) is 50.0 Å². The summed E-state index contributed by atoms with van der Waals surface area (Å²) < 4.78 is 13.1. The van der Waals surface area contributed by atoms with E-state index in [-0.39, 0.29) is 12.1 Å². The molecule has 0 spiro atoms. The van der Waals surface area contributed by atoms with Gasteiger partial charge in [0.05, 0.1) is 38.1 Å². The van der Waals surface area contributed by atoms with Gasteiger partial charge in [-0.2, -0.15) is 0 Å². The zero-order valence-corrected chi connectivity index (χ0v) is 19.6. The van der Waals surface area contributed by atoms with Crippen LogP contribution in [0.4, 0.5) is 0 Å². The number of nitrogens with one attached hydrogen (secondary N) is 1. The maximum atomic E-state index is 5.85. The smallest absolute Gasteiger partial charge is 0.170 e. The Morgan fingerprint density at radius 1 is 1.06 bits per heavy atom. The second kappa shape index (κ2) is 9.91. The molecule has 2 saturated heterocycles. The van der Waals surface area contributed by atoms with Crippen molar-refractivity contribution in [3.8, 4) is 11.4 Å². The van der Waals surface area contributed by atoms with Crippen LogP contribution in [0.5, 0.6) is 5.75 Å². The van der Waals surface area contributed by atoms with Crippen molar-refractivity contribution in [3.05, 3.63) is 78.4 Å². The van der Waals surface area contributed by atoms with Crippen molar-refractivity contribution in [1.29, 1.82) is 0 Å². The maximum absolute atomic E-state index is 5.85. The number of morpholine rings is 1. The molecule has 7 nitrogen and oxygen atoms in total. The first kappa shape index (κ1) is 21.9. The molecule has 2 atom stereocenters. The summed E-state index contributed by atoms with van der Waals surface area (Å²) in [6, 6.07) is 18.4. The van der Waals surface area contributed by atoms with E-state index in [0.29, 0.717) is 0 Å². The molecule has 2 aliphatic rings. The fourth-order valence-electron chi connectivity index (χ4n) is 4.65. The van der Waals surface area contributed by atoms with Gasteiger partial charge in [0.1, 0.15) is 5.75 Å². The van der Waals surface area contributed by atoms with E-state index in [1.807, 2.05) is 30.5 Å². The van der Waals surface area contributed by atoms with Crippen molar-refractivity contribution >= 4 is 17.3 Å². The van der Waals surface area contributed by atoms with Crippen LogP contribution >= 0.6 is 12.2 Å². The third-order valence-corrected chi connectivity index (χ3v) is 6.74. The minimum Gasteiger partial charge on any atom is -0.497 e. The third-order valence-electron chi connectivity index (χ3n) is 6.39. The lowest BCUT2D eigenvalue weighted by atomic mass is 10.0. The monoisotopic (exact) mass is 463 g/mol. The van der Waals surface area contributed by atoms with Gasteiger partial charge < -0.3 is 24.3 Å².